The minimum atomic E-state index is -0.341. The van der Waals surface area contributed by atoms with Gasteiger partial charge in [0, 0.05) is 22.8 Å². The second-order valence-corrected chi connectivity index (χ2v) is 8.76. The Kier molecular flexibility index (Phi) is 4.82. The lowest BCUT2D eigenvalue weighted by molar-refractivity contribution is 0.0938. The van der Waals surface area contributed by atoms with E-state index in [1.54, 1.807) is 23.7 Å². The highest BCUT2D eigenvalue weighted by molar-refractivity contribution is 7.14. The number of aryl methyl sites for hydroxylation is 3. The van der Waals surface area contributed by atoms with Gasteiger partial charge >= 0.3 is 0 Å². The number of aromatic nitrogens is 7. The van der Waals surface area contributed by atoms with E-state index >= 15 is 0 Å². The van der Waals surface area contributed by atoms with E-state index in [0.717, 1.165) is 32.4 Å². The van der Waals surface area contributed by atoms with Crippen LogP contribution in [-0.2, 0) is 0 Å². The number of thiazole rings is 1. The molecule has 0 saturated carbocycles. The number of carbonyl (C=O) groups is 1. The Balaban J connectivity index is 1.66. The van der Waals surface area contributed by atoms with Gasteiger partial charge in [-0.2, -0.15) is 0 Å². The fourth-order valence-corrected chi connectivity index (χ4v) is 4.44. The molecule has 162 valence electrons. The van der Waals surface area contributed by atoms with Crippen LogP contribution in [0.2, 0.25) is 0 Å². The third-order valence-corrected chi connectivity index (χ3v) is 6.14. The summed E-state index contributed by atoms with van der Waals surface area (Å²) in [4.78, 5) is 26.4. The molecule has 0 fully saturated rings. The maximum absolute atomic E-state index is 13.2. The molecule has 0 aliphatic heterocycles. The van der Waals surface area contributed by atoms with Crippen LogP contribution < -0.4 is 5.32 Å². The molecule has 1 atom stereocenters. The van der Waals surface area contributed by atoms with Crippen LogP contribution in [0.1, 0.15) is 45.5 Å². The minimum absolute atomic E-state index is 0.251. The molecular formula is C21H20N8O2S. The van der Waals surface area contributed by atoms with E-state index in [1.807, 2.05) is 44.4 Å². The molecule has 0 spiro atoms. The molecular weight excluding hydrogens is 428 g/mol. The van der Waals surface area contributed by atoms with Gasteiger partial charge in [0.1, 0.15) is 28.4 Å². The molecule has 10 nitrogen and oxygen atoms in total. The highest BCUT2D eigenvalue weighted by Gasteiger charge is 2.22. The molecule has 5 aromatic heterocycles. The largest absolute Gasteiger partial charge is 0.361 e. The van der Waals surface area contributed by atoms with Crippen LogP contribution in [0.15, 0.2) is 35.5 Å². The zero-order valence-electron chi connectivity index (χ0n) is 17.9. The molecule has 1 unspecified atom stereocenters. The molecule has 0 bridgehead atoms. The number of carbonyl (C=O) groups excluding carboxylic acids is 1. The number of rotatable bonds is 5. The van der Waals surface area contributed by atoms with E-state index in [-0.39, 0.29) is 11.9 Å². The lowest BCUT2D eigenvalue weighted by Crippen LogP contribution is -2.27. The topological polar surface area (TPSA) is 127 Å². The third-order valence-electron chi connectivity index (χ3n) is 5.20. The van der Waals surface area contributed by atoms with Gasteiger partial charge in [0.05, 0.1) is 29.1 Å². The van der Waals surface area contributed by atoms with Crippen molar-refractivity contribution in [3.05, 3.63) is 58.7 Å². The van der Waals surface area contributed by atoms with E-state index in [1.165, 1.54) is 6.33 Å². The first-order valence-electron chi connectivity index (χ1n) is 9.96. The lowest BCUT2D eigenvalue weighted by atomic mass is 10.0. The highest BCUT2D eigenvalue weighted by atomic mass is 32.1. The number of H-pyrrole nitrogens is 1. The first kappa shape index (κ1) is 20.1. The smallest absolute Gasteiger partial charge is 0.253 e. The normalized spacial score (nSPS) is 12.4. The molecule has 2 N–H and O–H groups in total. The van der Waals surface area contributed by atoms with Gasteiger partial charge in [-0.05, 0) is 33.8 Å². The van der Waals surface area contributed by atoms with Gasteiger partial charge in [0.25, 0.3) is 5.91 Å². The number of imidazole rings is 1. The number of hydrogen-bond acceptors (Lipinski definition) is 8. The average Bonchev–Trinajstić information content (AvgIpc) is 3.55. The minimum Gasteiger partial charge on any atom is -0.361 e. The average molecular weight is 449 g/mol. The first-order chi connectivity index (χ1) is 15.4. The van der Waals surface area contributed by atoms with Gasteiger partial charge in [-0.15, -0.1) is 21.5 Å². The van der Waals surface area contributed by atoms with Gasteiger partial charge in [-0.1, -0.05) is 5.16 Å². The Morgan fingerprint density at radius 2 is 2.09 bits per heavy atom. The maximum atomic E-state index is 13.2. The van der Waals surface area contributed by atoms with Crippen molar-refractivity contribution in [2.75, 3.05) is 0 Å². The van der Waals surface area contributed by atoms with Crippen LogP contribution >= 0.6 is 11.3 Å². The summed E-state index contributed by atoms with van der Waals surface area (Å²) < 4.78 is 7.29. The van der Waals surface area contributed by atoms with Crippen molar-refractivity contribution >= 4 is 22.9 Å². The van der Waals surface area contributed by atoms with E-state index in [0.29, 0.717) is 22.8 Å². The predicted molar refractivity (Wildman–Crippen MR) is 118 cm³/mol. The molecule has 1 amide bonds. The van der Waals surface area contributed by atoms with E-state index < -0.39 is 0 Å². The quantitative estimate of drug-likeness (QED) is 0.420. The van der Waals surface area contributed by atoms with Gasteiger partial charge < -0.3 is 14.8 Å². The molecule has 0 aliphatic carbocycles. The van der Waals surface area contributed by atoms with Crippen molar-refractivity contribution in [3.8, 4) is 21.8 Å². The molecule has 5 heterocycles. The van der Waals surface area contributed by atoms with Crippen molar-refractivity contribution in [2.24, 2.45) is 0 Å². The summed E-state index contributed by atoms with van der Waals surface area (Å²) in [5, 5.41) is 15.6. The van der Waals surface area contributed by atoms with Crippen molar-refractivity contribution in [1.82, 2.24) is 40.0 Å². The molecule has 5 rings (SSSR count). The molecule has 32 heavy (non-hydrogen) atoms. The standard InChI is InChI=1S/C21H20N8O2S/c1-10-6-23-21(32-10)16-7-22-19-15(17-11(2)28-31-13(17)4)5-14(8-29(16)19)20(30)26-12(3)18-24-9-25-27-18/h5-9,12H,1-4H3,(H,26,30)(H,24,25,27). The van der Waals surface area contributed by atoms with Crippen molar-refractivity contribution in [2.45, 2.75) is 33.7 Å². The summed E-state index contributed by atoms with van der Waals surface area (Å²) in [6.07, 6.45) is 6.85. The van der Waals surface area contributed by atoms with Crippen LogP contribution in [-0.4, -0.2) is 40.6 Å². The summed E-state index contributed by atoms with van der Waals surface area (Å²) in [6, 6.07) is 1.47. The zero-order valence-corrected chi connectivity index (χ0v) is 18.7. The molecule has 0 aromatic carbocycles. The third kappa shape index (κ3) is 3.36. The number of hydrogen-bond donors (Lipinski definition) is 2. The summed E-state index contributed by atoms with van der Waals surface area (Å²) in [6.45, 7) is 7.56. The van der Waals surface area contributed by atoms with Crippen molar-refractivity contribution in [1.29, 1.82) is 0 Å². The van der Waals surface area contributed by atoms with Crippen molar-refractivity contribution < 1.29 is 9.32 Å². The fraction of sp³-hybridized carbons (Fsp3) is 0.238. The molecule has 0 aliphatic rings. The maximum Gasteiger partial charge on any atom is 0.253 e. The summed E-state index contributed by atoms with van der Waals surface area (Å²) in [7, 11) is 0. The van der Waals surface area contributed by atoms with Gasteiger partial charge in [-0.25, -0.2) is 9.97 Å². The van der Waals surface area contributed by atoms with Gasteiger partial charge in [0.15, 0.2) is 5.82 Å². The van der Waals surface area contributed by atoms with Crippen LogP contribution in [0.25, 0.3) is 27.5 Å². The van der Waals surface area contributed by atoms with Crippen LogP contribution in [0.5, 0.6) is 0 Å². The number of nitrogens with zero attached hydrogens (tertiary/aromatic N) is 6. The second kappa shape index (κ2) is 7.68. The summed E-state index contributed by atoms with van der Waals surface area (Å²) >= 11 is 1.57. The molecule has 0 radical (unpaired) electrons. The monoisotopic (exact) mass is 448 g/mol. The molecule has 0 saturated heterocycles. The van der Waals surface area contributed by atoms with Crippen LogP contribution in [0, 0.1) is 20.8 Å². The Morgan fingerprint density at radius 1 is 1.25 bits per heavy atom. The highest BCUT2D eigenvalue weighted by Crippen LogP contribution is 2.34. The summed E-state index contributed by atoms with van der Waals surface area (Å²) in [5.41, 5.74) is 4.28. The zero-order chi connectivity index (χ0) is 22.4. The second-order valence-electron chi connectivity index (χ2n) is 7.52. The Bertz CT molecular complexity index is 1410. The first-order valence-corrected chi connectivity index (χ1v) is 10.8. The van der Waals surface area contributed by atoms with E-state index in [2.05, 4.69) is 35.6 Å². The Hall–Kier alpha value is -3.86. The Labute approximate surface area is 186 Å². The number of amides is 1. The predicted octanol–water partition coefficient (Wildman–Crippen LogP) is 3.65. The van der Waals surface area contributed by atoms with E-state index in [4.69, 9.17) is 4.52 Å². The number of pyridine rings is 1. The molecule has 11 heteroatoms. The SMILES string of the molecule is Cc1cnc(-c2cnc3c(-c4c(C)noc4C)cc(C(=O)NC(C)c4nnc[nH]4)cn23)s1. The fourth-order valence-electron chi connectivity index (χ4n) is 3.67. The summed E-state index contributed by atoms with van der Waals surface area (Å²) in [5.74, 6) is 0.984. The number of aromatic amines is 1. The van der Waals surface area contributed by atoms with Crippen LogP contribution in [0.3, 0.4) is 0 Å². The van der Waals surface area contributed by atoms with Gasteiger partial charge in [-0.3, -0.25) is 9.20 Å². The van der Waals surface area contributed by atoms with E-state index in [9.17, 15) is 4.79 Å². The van der Waals surface area contributed by atoms with Gasteiger partial charge in [0.2, 0.25) is 0 Å². The number of fused-ring (bicyclic) bond motifs is 1. The Morgan fingerprint density at radius 3 is 2.75 bits per heavy atom. The van der Waals surface area contributed by atoms with Crippen LogP contribution in [0.4, 0.5) is 0 Å². The number of nitrogens with one attached hydrogen (secondary N) is 2. The van der Waals surface area contributed by atoms with Crippen molar-refractivity contribution in [3.63, 3.8) is 0 Å². The lowest BCUT2D eigenvalue weighted by Gasteiger charge is -2.13. The molecule has 5 aromatic rings.